The van der Waals surface area contributed by atoms with Gasteiger partial charge in [-0.1, -0.05) is 59.7 Å². The molecule has 0 aliphatic carbocycles. The summed E-state index contributed by atoms with van der Waals surface area (Å²) in [6.45, 7) is 28.6. The van der Waals surface area contributed by atoms with E-state index in [2.05, 4.69) is 84.7 Å². The fourth-order valence-electron chi connectivity index (χ4n) is 11.1. The molecule has 38 heteroatoms. The molecule has 0 saturated heterocycles. The number of nitrogens with two attached hydrogens (primary N) is 3. The molecule has 10 atom stereocenters. The van der Waals surface area contributed by atoms with Crippen molar-refractivity contribution in [2.24, 2.45) is 35.0 Å². The lowest BCUT2D eigenvalue weighted by Gasteiger charge is -2.34. The Bertz CT molecular complexity index is 3830. The van der Waals surface area contributed by atoms with Gasteiger partial charge in [-0.3, -0.25) is 86.3 Å². The summed E-state index contributed by atoms with van der Waals surface area (Å²) in [5.41, 5.74) is 8.51. The second-order valence-electron chi connectivity index (χ2n) is 32.4. The van der Waals surface area contributed by atoms with Crippen molar-refractivity contribution in [1.29, 1.82) is 0 Å². The number of primary amides is 3. The number of H-pyrrole nitrogens is 1. The van der Waals surface area contributed by atoms with Gasteiger partial charge in [0.05, 0.1) is 6.04 Å². The van der Waals surface area contributed by atoms with E-state index < -0.39 is 220 Å². The average molecular weight is 1590 g/mol. The van der Waals surface area contributed by atoms with Gasteiger partial charge in [0.15, 0.2) is 0 Å². The molecule has 0 fully saturated rings. The number of rotatable bonds is 47. The van der Waals surface area contributed by atoms with E-state index in [9.17, 15) is 91.1 Å². The average Bonchev–Trinajstić information content (AvgIpc) is 1.77. The molecule has 2 aromatic rings. The third kappa shape index (κ3) is 33.0. The number of carbonyl (C=O) groups is 19. The van der Waals surface area contributed by atoms with E-state index in [1.165, 1.54) is 96.9 Å². The first-order chi connectivity index (χ1) is 51.9. The van der Waals surface area contributed by atoms with Gasteiger partial charge in [0, 0.05) is 49.7 Å². The molecule has 0 spiro atoms. The van der Waals surface area contributed by atoms with Crippen LogP contribution in [0.5, 0.6) is 0 Å². The first-order valence-electron chi connectivity index (χ1n) is 37.4. The number of benzene rings is 1. The smallest absolute Gasteiger partial charge is 0.246 e. The van der Waals surface area contributed by atoms with Crippen molar-refractivity contribution >= 4 is 124 Å². The van der Waals surface area contributed by atoms with Crippen molar-refractivity contribution in [2.45, 2.75) is 291 Å². The predicted molar refractivity (Wildman–Crippen MR) is 415 cm³/mol. The highest BCUT2D eigenvalue weighted by molar-refractivity contribution is 6.03. The Morgan fingerprint density at radius 3 is 1.08 bits per heavy atom. The van der Waals surface area contributed by atoms with Crippen LogP contribution >= 0.6 is 0 Å². The summed E-state index contributed by atoms with van der Waals surface area (Å²) >= 11 is 0. The monoisotopic (exact) mass is 1590 g/mol. The molecule has 0 saturated carbocycles. The fraction of sp³-hybridized carbons (Fsp3) is 0.640. The van der Waals surface area contributed by atoms with E-state index in [1.54, 1.807) is 33.9 Å². The van der Waals surface area contributed by atoms with Crippen LogP contribution in [0.2, 0.25) is 0 Å². The molecular weight excluding hydrogens is 1470 g/mol. The minimum Gasteiger partial charge on any atom is -0.370 e. The quantitative estimate of drug-likeness (QED) is 0.0299. The van der Waals surface area contributed by atoms with Crippen molar-refractivity contribution in [3.05, 3.63) is 36.0 Å². The lowest BCUT2D eigenvalue weighted by molar-refractivity contribution is -0.140. The third-order valence-corrected chi connectivity index (χ3v) is 17.8. The number of hydrogen-bond acceptors (Lipinski definition) is 19. The van der Waals surface area contributed by atoms with Crippen molar-refractivity contribution in [3.8, 4) is 0 Å². The van der Waals surface area contributed by atoms with E-state index >= 15 is 0 Å². The van der Waals surface area contributed by atoms with Gasteiger partial charge < -0.3 is 107 Å². The van der Waals surface area contributed by atoms with Gasteiger partial charge >= 0.3 is 0 Å². The molecule has 0 aliphatic rings. The Hall–Kier alpha value is -11.1. The Labute approximate surface area is 658 Å². The highest BCUT2D eigenvalue weighted by Crippen LogP contribution is 2.21. The molecule has 38 nitrogen and oxygen atoms in total. The first-order valence-corrected chi connectivity index (χ1v) is 37.4. The van der Waals surface area contributed by atoms with E-state index in [1.807, 2.05) is 38.1 Å². The van der Waals surface area contributed by atoms with E-state index in [0.717, 1.165) is 16.5 Å². The number of para-hydroxylation sites is 1. The first kappa shape index (κ1) is 98.0. The third-order valence-electron chi connectivity index (χ3n) is 17.8. The second kappa shape index (κ2) is 43.1. The van der Waals surface area contributed by atoms with Crippen LogP contribution in [0.25, 0.3) is 10.9 Å². The largest absolute Gasteiger partial charge is 0.370 e. The lowest BCUT2D eigenvalue weighted by atomic mass is 9.96. The number of fused-ring (bicyclic) bond motifs is 1. The van der Waals surface area contributed by atoms with Gasteiger partial charge in [-0.25, -0.2) is 0 Å². The topological polar surface area (TPSA) is 599 Å². The van der Waals surface area contributed by atoms with Crippen molar-refractivity contribution in [3.63, 3.8) is 0 Å². The zero-order valence-electron chi connectivity index (χ0n) is 68.5. The molecule has 18 amide bonds. The molecule has 0 radical (unpaired) electrons. The summed E-state index contributed by atoms with van der Waals surface area (Å²) in [6, 6.07) is -6.04. The lowest BCUT2D eigenvalue weighted by Crippen LogP contribution is -2.66. The van der Waals surface area contributed by atoms with Gasteiger partial charge in [-0.15, -0.1) is 0 Å². The summed E-state index contributed by atoms with van der Waals surface area (Å²) in [5, 5.41) is 38.7. The summed E-state index contributed by atoms with van der Waals surface area (Å²) < 4.78 is 0. The van der Waals surface area contributed by atoms with Crippen molar-refractivity contribution < 1.29 is 91.1 Å². The molecule has 1 aromatic heterocycles. The molecule has 0 aliphatic heterocycles. The maximum Gasteiger partial charge on any atom is 0.246 e. The van der Waals surface area contributed by atoms with Crippen LogP contribution in [-0.4, -0.2) is 206 Å². The van der Waals surface area contributed by atoms with E-state index in [0.29, 0.717) is 6.29 Å². The normalized spacial score (nSPS) is 14.5. The Balaban J connectivity index is 2.21. The molecule has 0 bridgehead atoms. The fourth-order valence-corrected chi connectivity index (χ4v) is 11.1. The van der Waals surface area contributed by atoms with Gasteiger partial charge in [0.25, 0.3) is 0 Å². The molecule has 1 heterocycles. The SMILES string of the molecule is CC(=O)N[C@@H](Cc1c[nH]c2ccccc12)C(=O)N[C@@H](C)C(=O)NC(C)(C)C(=O)NC(C)(C)C(=O)N[C@@H](CC(C)C)C(=O)NC(C)(C)C(=O)N[C@@H](CCC(N)=O)C(=O)N[C@@H](C)C(=O)NC(C)(C)C(=O)NC(C)(C)C(=O)N[C@@H](CCC(N)=O)C(=O)N[C@@H](CC(C)C)C(=O)N[C@@H](C)C(=O)N[C@@H](CCC(N)=O)C(=O)N[C@H](C=O)CC(C)C. The molecule has 2 rings (SSSR count). The number of aromatic nitrogens is 1. The number of aldehydes is 1. The molecule has 630 valence electrons. The second-order valence-corrected chi connectivity index (χ2v) is 32.4. The van der Waals surface area contributed by atoms with Crippen molar-refractivity contribution in [1.82, 2.24) is 84.7 Å². The maximum absolute atomic E-state index is 14.2. The highest BCUT2D eigenvalue weighted by Gasteiger charge is 2.44. The Kier molecular flexibility index (Phi) is 37.3. The predicted octanol–water partition coefficient (Wildman–Crippen LogP) is -2.75. The maximum atomic E-state index is 14.2. The summed E-state index contributed by atoms with van der Waals surface area (Å²) in [6.07, 6.45) is 0.199. The van der Waals surface area contributed by atoms with Crippen LogP contribution < -0.4 is 97.0 Å². The van der Waals surface area contributed by atoms with Gasteiger partial charge in [-0.2, -0.15) is 0 Å². The minimum atomic E-state index is -1.93. The van der Waals surface area contributed by atoms with Crippen LogP contribution in [0.1, 0.15) is 202 Å². The zero-order valence-corrected chi connectivity index (χ0v) is 68.5. The van der Waals surface area contributed by atoms with Crippen LogP contribution in [0.3, 0.4) is 0 Å². The molecule has 1 aromatic carbocycles. The summed E-state index contributed by atoms with van der Waals surface area (Å²) in [4.78, 5) is 257. The standard InChI is InChI=1S/C75H121N19O19/c1-37(2)31-45(36-95)84-61(104)48(25-28-54(76)97)85-57(100)40(7)80-63(106)51(32-38(3)4)86-62(105)50(27-30-56(78)99)88-67(110)72(13,14)93-69(112)74(17,18)90-58(101)41(8)81-60(103)49(26-29-55(77)98)87-66(109)71(11,12)92-65(108)52(33-39(5)6)89-68(111)73(15,16)94-70(113)75(19,20)91-59(102)42(9)82-64(107)53(83-43(10)96)34-44-35-79-47-24-22-21-23-46(44)47/h21-24,35-42,45,48-53,79H,25-34H2,1-20H3,(H2,76,97)(H2,77,98)(H2,78,99)(H,80,106)(H,81,103)(H,82,107)(H,83,96)(H,84,104)(H,85,100)(H,86,105)(H,87,109)(H,88,110)(H,89,111)(H,90,101)(H,91,102)(H,92,108)(H,93,112)(H,94,113)/t40-,41-,42-,45-,48-,49-,50-,51-,52-,53-/m0/s1. The molecule has 113 heavy (non-hydrogen) atoms. The van der Waals surface area contributed by atoms with Crippen LogP contribution in [0.15, 0.2) is 30.5 Å². The minimum absolute atomic E-state index is 0.00433. The molecule has 0 unspecified atom stereocenters. The number of nitrogens with one attached hydrogen (secondary N) is 16. The molecular formula is C75H121N19O19. The van der Waals surface area contributed by atoms with E-state index in [4.69, 9.17) is 17.2 Å². The summed E-state index contributed by atoms with van der Waals surface area (Å²) in [5.74, 6) is -16.2. The summed E-state index contributed by atoms with van der Waals surface area (Å²) in [7, 11) is 0. The van der Waals surface area contributed by atoms with E-state index in [-0.39, 0.29) is 56.3 Å². The van der Waals surface area contributed by atoms with Gasteiger partial charge in [-0.05, 0) is 158 Å². The van der Waals surface area contributed by atoms with Crippen LogP contribution in [0.4, 0.5) is 0 Å². The Morgan fingerprint density at radius 2 is 0.681 bits per heavy atom. The van der Waals surface area contributed by atoms with Gasteiger partial charge in [0.1, 0.15) is 88.4 Å². The molecule has 22 N–H and O–H groups in total. The highest BCUT2D eigenvalue weighted by atomic mass is 16.2. The van der Waals surface area contributed by atoms with Gasteiger partial charge in [0.2, 0.25) is 106 Å². The number of carbonyl (C=O) groups excluding carboxylic acids is 19. The number of hydrogen-bond donors (Lipinski definition) is 19. The Morgan fingerprint density at radius 1 is 0.363 bits per heavy atom. The number of aromatic amines is 1. The van der Waals surface area contributed by atoms with Crippen LogP contribution in [0, 0.1) is 17.8 Å². The van der Waals surface area contributed by atoms with Crippen LogP contribution in [-0.2, 0) is 97.5 Å². The van der Waals surface area contributed by atoms with Crippen molar-refractivity contribution in [2.75, 3.05) is 0 Å². The number of amides is 18. The zero-order chi connectivity index (χ0) is 86.8.